The quantitative estimate of drug-likeness (QED) is 0.283. The van der Waals surface area contributed by atoms with Crippen LogP contribution in [0.4, 0.5) is 13.2 Å². The lowest BCUT2D eigenvalue weighted by atomic mass is 10.4. The first-order chi connectivity index (χ1) is 6.08. The topological polar surface area (TPSA) is 129 Å². The van der Waals surface area contributed by atoms with Gasteiger partial charge in [-0.3, -0.25) is 30.3 Å². The molecule has 0 aliphatic rings. The number of hydrogen-bond donors (Lipinski definition) is 0. The predicted molar refractivity (Wildman–Crippen MR) is 29.8 cm³/mol. The SMILES string of the molecule is O=[N+]([O-])C(F)(F)C(F)([N+](=O)[O-])[N+](=O)[O-]. The highest BCUT2D eigenvalue weighted by molar-refractivity contribution is 4.63. The van der Waals surface area contributed by atoms with Crippen LogP contribution in [0.3, 0.4) is 0 Å². The number of nitrogens with zero attached hydrogens (tertiary/aromatic N) is 3. The predicted octanol–water partition coefficient (Wildman–Crippen LogP) is 0.0326. The second kappa shape index (κ2) is 3.04. The molecule has 0 N–H and O–H groups in total. The van der Waals surface area contributed by atoms with Crippen LogP contribution in [0.15, 0.2) is 0 Å². The zero-order valence-electron chi connectivity index (χ0n) is 5.93. The highest BCUT2D eigenvalue weighted by atomic mass is 19.3. The van der Waals surface area contributed by atoms with Gasteiger partial charge in [0.25, 0.3) is 0 Å². The smallest absolute Gasteiger partial charge is 0.258 e. The van der Waals surface area contributed by atoms with E-state index < -0.39 is 26.7 Å². The molecule has 0 unspecified atom stereocenters. The van der Waals surface area contributed by atoms with Crippen molar-refractivity contribution in [3.05, 3.63) is 30.3 Å². The molecule has 0 radical (unpaired) electrons. The van der Waals surface area contributed by atoms with Crippen LogP contribution in [0.25, 0.3) is 0 Å². The molecule has 0 atom stereocenters. The van der Waals surface area contributed by atoms with Crippen LogP contribution in [-0.2, 0) is 0 Å². The van der Waals surface area contributed by atoms with Crippen molar-refractivity contribution < 1.29 is 27.9 Å². The number of alkyl halides is 3. The van der Waals surface area contributed by atoms with Gasteiger partial charge in [0, 0.05) is 0 Å². The number of halogens is 3. The summed E-state index contributed by atoms with van der Waals surface area (Å²) in [6, 6.07) is -5.94. The summed E-state index contributed by atoms with van der Waals surface area (Å²) in [5.41, 5.74) is 0. The minimum atomic E-state index is -5.94. The lowest BCUT2D eigenvalue weighted by Gasteiger charge is -2.09. The molecule has 9 nitrogen and oxygen atoms in total. The molecule has 0 saturated carbocycles. The van der Waals surface area contributed by atoms with E-state index >= 15 is 0 Å². The van der Waals surface area contributed by atoms with Gasteiger partial charge in [0.2, 0.25) is 0 Å². The molecule has 80 valence electrons. The maximum Gasteiger partial charge on any atom is 0.755 e. The first-order valence-corrected chi connectivity index (χ1v) is 2.58. The Morgan fingerprint density at radius 1 is 0.786 bits per heavy atom. The van der Waals surface area contributed by atoms with E-state index in [9.17, 15) is 43.5 Å². The van der Waals surface area contributed by atoms with Crippen molar-refractivity contribution in [2.24, 2.45) is 0 Å². The molecule has 0 aliphatic carbocycles. The summed E-state index contributed by atoms with van der Waals surface area (Å²) in [5.74, 6) is -5.67. The largest absolute Gasteiger partial charge is 0.755 e. The molecule has 0 amide bonds. The minimum Gasteiger partial charge on any atom is -0.258 e. The molecule has 0 spiro atoms. The van der Waals surface area contributed by atoms with Crippen LogP contribution in [0, 0.1) is 30.3 Å². The first-order valence-electron chi connectivity index (χ1n) is 2.58. The zero-order chi connectivity index (χ0) is 11.7. The Bertz CT molecular complexity index is 289. The van der Waals surface area contributed by atoms with Gasteiger partial charge < -0.3 is 0 Å². The van der Waals surface area contributed by atoms with Crippen LogP contribution >= 0.6 is 0 Å². The van der Waals surface area contributed by atoms with Crippen LogP contribution in [0.2, 0.25) is 0 Å². The summed E-state index contributed by atoms with van der Waals surface area (Å²) in [7, 11) is 0. The Kier molecular flexibility index (Phi) is 2.60. The lowest BCUT2D eigenvalue weighted by Crippen LogP contribution is -2.60. The Hall–Kier alpha value is -2.01. The van der Waals surface area contributed by atoms with Gasteiger partial charge in [0.1, 0.15) is 14.8 Å². The van der Waals surface area contributed by atoms with Crippen molar-refractivity contribution in [2.45, 2.75) is 12.0 Å². The summed E-state index contributed by atoms with van der Waals surface area (Å²) >= 11 is 0. The van der Waals surface area contributed by atoms with Crippen molar-refractivity contribution in [3.8, 4) is 0 Å². The van der Waals surface area contributed by atoms with E-state index in [0.717, 1.165) is 0 Å². The average Bonchev–Trinajstić information content (AvgIpc) is 2.01. The van der Waals surface area contributed by atoms with Crippen molar-refractivity contribution in [2.75, 3.05) is 0 Å². The molecule has 0 aromatic rings. The van der Waals surface area contributed by atoms with Crippen molar-refractivity contribution in [3.63, 3.8) is 0 Å². The summed E-state index contributed by atoms with van der Waals surface area (Å²) < 4.78 is 36.8. The minimum absolute atomic E-state index is 2.67. The molecule has 12 heteroatoms. The summed E-state index contributed by atoms with van der Waals surface area (Å²) in [6.07, 6.45) is 0. The molecule has 0 aromatic heterocycles. The van der Waals surface area contributed by atoms with Gasteiger partial charge in [0.05, 0.1) is 0 Å². The van der Waals surface area contributed by atoms with Crippen LogP contribution < -0.4 is 0 Å². The number of hydrogen-bond acceptors (Lipinski definition) is 6. The summed E-state index contributed by atoms with van der Waals surface area (Å²) in [4.78, 5) is 20.6. The Morgan fingerprint density at radius 3 is 1.14 bits per heavy atom. The Labute approximate surface area is 71.6 Å². The molecule has 0 heterocycles. The van der Waals surface area contributed by atoms with Gasteiger partial charge >= 0.3 is 12.0 Å². The van der Waals surface area contributed by atoms with E-state index in [1.54, 1.807) is 0 Å². The Balaban J connectivity index is 5.55. The van der Waals surface area contributed by atoms with Crippen LogP contribution in [0.1, 0.15) is 0 Å². The fourth-order valence-electron chi connectivity index (χ4n) is 0.402. The molecule has 0 aliphatic heterocycles. The molecule has 0 fully saturated rings. The molecule has 0 aromatic carbocycles. The van der Waals surface area contributed by atoms with Gasteiger partial charge in [-0.25, -0.2) is 0 Å². The standard InChI is InChI=1S/C2F3N3O6/c3-1(4,6(9)10)2(5,7(11)12)8(13)14. The second-order valence-corrected chi connectivity index (χ2v) is 1.90. The van der Waals surface area contributed by atoms with Crippen LogP contribution in [-0.4, -0.2) is 26.7 Å². The molecular weight excluding hydrogens is 219 g/mol. The third-order valence-electron chi connectivity index (χ3n) is 1.10. The maximum absolute atomic E-state index is 12.5. The van der Waals surface area contributed by atoms with E-state index in [1.807, 2.05) is 0 Å². The van der Waals surface area contributed by atoms with Crippen molar-refractivity contribution >= 4 is 0 Å². The Morgan fingerprint density at radius 2 is 1.07 bits per heavy atom. The first kappa shape index (κ1) is 12.0. The van der Waals surface area contributed by atoms with Gasteiger partial charge in [0.15, 0.2) is 0 Å². The second-order valence-electron chi connectivity index (χ2n) is 1.90. The normalized spacial score (nSPS) is 12.2. The van der Waals surface area contributed by atoms with E-state index in [2.05, 4.69) is 0 Å². The van der Waals surface area contributed by atoms with E-state index in [4.69, 9.17) is 0 Å². The molecule has 0 bridgehead atoms. The molecule has 0 rings (SSSR count). The van der Waals surface area contributed by atoms with Crippen molar-refractivity contribution in [1.82, 2.24) is 0 Å². The highest BCUT2D eigenvalue weighted by Gasteiger charge is 2.89. The van der Waals surface area contributed by atoms with E-state index in [-0.39, 0.29) is 0 Å². The third-order valence-corrected chi connectivity index (χ3v) is 1.10. The fourth-order valence-corrected chi connectivity index (χ4v) is 0.402. The number of nitro groups is 3. The van der Waals surface area contributed by atoms with Gasteiger partial charge in [-0.2, -0.15) is 0 Å². The fraction of sp³-hybridized carbons (Fsp3) is 1.00. The van der Waals surface area contributed by atoms with Crippen molar-refractivity contribution in [1.29, 1.82) is 0 Å². The monoisotopic (exact) mass is 219 g/mol. The van der Waals surface area contributed by atoms with Gasteiger partial charge in [-0.15, -0.1) is 8.78 Å². The summed E-state index contributed by atoms with van der Waals surface area (Å²) in [6.45, 7) is 0. The van der Waals surface area contributed by atoms with E-state index in [1.165, 1.54) is 0 Å². The third kappa shape index (κ3) is 1.29. The lowest BCUT2D eigenvalue weighted by molar-refractivity contribution is -0.908. The maximum atomic E-state index is 12.5. The van der Waals surface area contributed by atoms with E-state index in [0.29, 0.717) is 0 Å². The average molecular weight is 219 g/mol. The molecule has 0 saturated heterocycles. The molecular formula is C2F3N3O6. The summed E-state index contributed by atoms with van der Waals surface area (Å²) in [5, 5.41) is 28.7. The van der Waals surface area contributed by atoms with Gasteiger partial charge in [-0.1, -0.05) is 4.39 Å². The van der Waals surface area contributed by atoms with Gasteiger partial charge in [-0.05, 0) is 0 Å². The number of rotatable bonds is 4. The molecule has 14 heavy (non-hydrogen) atoms. The highest BCUT2D eigenvalue weighted by Crippen LogP contribution is 2.33. The zero-order valence-corrected chi connectivity index (χ0v) is 5.93. The van der Waals surface area contributed by atoms with Crippen LogP contribution in [0.5, 0.6) is 0 Å².